The molecule has 0 spiro atoms. The lowest BCUT2D eigenvalue weighted by molar-refractivity contribution is -0.673. The second kappa shape index (κ2) is 4.22. The zero-order chi connectivity index (χ0) is 10.8. The van der Waals surface area contributed by atoms with E-state index in [1.807, 2.05) is 0 Å². The number of hydrogen-bond donors (Lipinski definition) is 1. The van der Waals surface area contributed by atoms with E-state index in [2.05, 4.69) is 52.5 Å². The van der Waals surface area contributed by atoms with Crippen LogP contribution in [0.2, 0.25) is 0 Å². The molecule has 2 aromatic rings. The van der Waals surface area contributed by atoms with Crippen molar-refractivity contribution >= 4 is 10.9 Å². The smallest absolute Gasteiger partial charge is 0.212 e. The minimum absolute atomic E-state index is 0.649. The molecule has 16 heavy (non-hydrogen) atoms. The summed E-state index contributed by atoms with van der Waals surface area (Å²) < 4.78 is 2.36. The molecule has 2 nitrogen and oxygen atoms in total. The number of aromatic nitrogens is 1. The van der Waals surface area contributed by atoms with Gasteiger partial charge in [-0.05, 0) is 31.5 Å². The minimum Gasteiger partial charge on any atom is -0.308 e. The van der Waals surface area contributed by atoms with E-state index in [0.29, 0.717) is 6.04 Å². The molecular formula is C14H17N2+. The molecule has 82 valence electrons. The quantitative estimate of drug-likeness (QED) is 0.753. The second-order valence-corrected chi connectivity index (χ2v) is 4.51. The van der Waals surface area contributed by atoms with Crippen molar-refractivity contribution in [2.24, 2.45) is 0 Å². The van der Waals surface area contributed by atoms with Gasteiger partial charge < -0.3 is 5.32 Å². The highest BCUT2D eigenvalue weighted by molar-refractivity contribution is 5.74. The van der Waals surface area contributed by atoms with Crippen LogP contribution in [-0.4, -0.2) is 12.6 Å². The number of nitrogens with zero attached hydrogens (tertiary/aromatic N) is 1. The highest BCUT2D eigenvalue weighted by Crippen LogP contribution is 2.10. The van der Waals surface area contributed by atoms with Crippen molar-refractivity contribution in [3.8, 4) is 0 Å². The molecular weight excluding hydrogens is 196 g/mol. The average Bonchev–Trinajstić information content (AvgIpc) is 2.82. The van der Waals surface area contributed by atoms with Gasteiger partial charge in [0.05, 0.1) is 6.04 Å². The molecule has 1 N–H and O–H groups in total. The zero-order valence-corrected chi connectivity index (χ0v) is 9.39. The standard InChI is InChI=1S/C14H17N2/c1-2-8-14-12(5-1)6-4-10-16(14)11-13-7-3-9-15-13/h1-2,4-6,8,10,13,15H,3,7,9,11H2/q+1/t13-/m0/s1. The molecule has 1 aromatic heterocycles. The van der Waals surface area contributed by atoms with Crippen LogP contribution in [0.1, 0.15) is 12.8 Å². The summed E-state index contributed by atoms with van der Waals surface area (Å²) in [4.78, 5) is 0. The topological polar surface area (TPSA) is 15.9 Å². The molecule has 1 fully saturated rings. The summed E-state index contributed by atoms with van der Waals surface area (Å²) in [6.45, 7) is 2.26. The normalized spacial score (nSPS) is 20.4. The maximum absolute atomic E-state index is 3.55. The van der Waals surface area contributed by atoms with E-state index >= 15 is 0 Å². The number of nitrogens with one attached hydrogen (secondary N) is 1. The molecule has 0 amide bonds. The highest BCUT2D eigenvalue weighted by Gasteiger charge is 2.19. The Bertz CT molecular complexity index is 482. The summed E-state index contributed by atoms with van der Waals surface area (Å²) >= 11 is 0. The molecule has 0 radical (unpaired) electrons. The van der Waals surface area contributed by atoms with Crippen LogP contribution in [0.5, 0.6) is 0 Å². The van der Waals surface area contributed by atoms with E-state index in [1.54, 1.807) is 0 Å². The van der Waals surface area contributed by atoms with Crippen LogP contribution in [0.25, 0.3) is 10.9 Å². The van der Waals surface area contributed by atoms with Gasteiger partial charge in [-0.25, -0.2) is 0 Å². The van der Waals surface area contributed by atoms with Gasteiger partial charge in [0.1, 0.15) is 0 Å². The molecule has 1 aliphatic rings. The minimum atomic E-state index is 0.649. The van der Waals surface area contributed by atoms with E-state index in [-0.39, 0.29) is 0 Å². The summed E-state index contributed by atoms with van der Waals surface area (Å²) in [5, 5.41) is 4.87. The largest absolute Gasteiger partial charge is 0.308 e. The Kier molecular flexibility index (Phi) is 2.58. The fraction of sp³-hybridized carbons (Fsp3) is 0.357. The number of rotatable bonds is 2. The van der Waals surface area contributed by atoms with Crippen LogP contribution in [0.3, 0.4) is 0 Å². The Balaban J connectivity index is 1.96. The molecule has 1 atom stereocenters. The molecule has 0 aliphatic carbocycles. The average molecular weight is 213 g/mol. The molecule has 0 unspecified atom stereocenters. The fourth-order valence-corrected chi connectivity index (χ4v) is 2.53. The van der Waals surface area contributed by atoms with Gasteiger partial charge in [-0.3, -0.25) is 0 Å². The maximum atomic E-state index is 3.55. The maximum Gasteiger partial charge on any atom is 0.212 e. The fourth-order valence-electron chi connectivity index (χ4n) is 2.53. The van der Waals surface area contributed by atoms with Crippen molar-refractivity contribution in [1.29, 1.82) is 0 Å². The summed E-state index contributed by atoms with van der Waals surface area (Å²) in [5.41, 5.74) is 1.33. The van der Waals surface area contributed by atoms with Crippen molar-refractivity contribution in [2.45, 2.75) is 25.4 Å². The van der Waals surface area contributed by atoms with E-state index < -0.39 is 0 Å². The summed E-state index contributed by atoms with van der Waals surface area (Å²) in [6.07, 6.45) is 4.80. The van der Waals surface area contributed by atoms with Gasteiger partial charge >= 0.3 is 0 Å². The molecule has 1 aliphatic heterocycles. The molecule has 2 heterocycles. The summed E-state index contributed by atoms with van der Waals surface area (Å²) in [7, 11) is 0. The van der Waals surface area contributed by atoms with Crippen LogP contribution in [0.4, 0.5) is 0 Å². The highest BCUT2D eigenvalue weighted by atomic mass is 15.0. The van der Waals surface area contributed by atoms with E-state index in [9.17, 15) is 0 Å². The lowest BCUT2D eigenvalue weighted by Crippen LogP contribution is -2.43. The Morgan fingerprint density at radius 1 is 1.19 bits per heavy atom. The van der Waals surface area contributed by atoms with Crippen LogP contribution in [0.15, 0.2) is 42.6 Å². The summed E-state index contributed by atoms with van der Waals surface area (Å²) in [5.74, 6) is 0. The lowest BCUT2D eigenvalue weighted by atomic mass is 10.2. The number of pyridine rings is 1. The Morgan fingerprint density at radius 3 is 2.94 bits per heavy atom. The van der Waals surface area contributed by atoms with Crippen LogP contribution < -0.4 is 9.88 Å². The molecule has 2 heteroatoms. The summed E-state index contributed by atoms with van der Waals surface area (Å²) in [6, 6.07) is 13.5. The monoisotopic (exact) mass is 213 g/mol. The van der Waals surface area contributed by atoms with Gasteiger partial charge in [0.25, 0.3) is 0 Å². The zero-order valence-electron chi connectivity index (χ0n) is 9.39. The first-order valence-corrected chi connectivity index (χ1v) is 6.04. The van der Waals surface area contributed by atoms with Crippen molar-refractivity contribution in [3.63, 3.8) is 0 Å². The van der Waals surface area contributed by atoms with Crippen molar-refractivity contribution in [1.82, 2.24) is 5.32 Å². The van der Waals surface area contributed by atoms with Gasteiger partial charge in [-0.1, -0.05) is 12.1 Å². The van der Waals surface area contributed by atoms with E-state index in [0.717, 1.165) is 6.54 Å². The van der Waals surface area contributed by atoms with E-state index in [1.165, 1.54) is 30.3 Å². The first kappa shape index (κ1) is 9.79. The van der Waals surface area contributed by atoms with E-state index in [4.69, 9.17) is 0 Å². The molecule has 1 aromatic carbocycles. The SMILES string of the molecule is c1ccc2c(c1)ccc[n+]2C[C@@H]1CCCN1. The molecule has 0 saturated carbocycles. The lowest BCUT2D eigenvalue weighted by Gasteiger charge is -2.07. The van der Waals surface area contributed by atoms with Crippen molar-refractivity contribution in [2.75, 3.05) is 6.54 Å². The predicted octanol–water partition coefficient (Wildman–Crippen LogP) is 1.88. The van der Waals surface area contributed by atoms with Gasteiger partial charge in [0, 0.05) is 17.5 Å². The molecule has 3 rings (SSSR count). The first-order chi connectivity index (χ1) is 7.93. The third-order valence-corrected chi connectivity index (χ3v) is 3.37. The number of hydrogen-bond acceptors (Lipinski definition) is 1. The number of fused-ring (bicyclic) bond motifs is 1. The van der Waals surface area contributed by atoms with Gasteiger partial charge in [-0.2, -0.15) is 4.57 Å². The van der Waals surface area contributed by atoms with Crippen LogP contribution in [0, 0.1) is 0 Å². The second-order valence-electron chi connectivity index (χ2n) is 4.51. The van der Waals surface area contributed by atoms with Crippen LogP contribution in [-0.2, 0) is 6.54 Å². The Labute approximate surface area is 95.9 Å². The Morgan fingerprint density at radius 2 is 2.06 bits per heavy atom. The Hall–Kier alpha value is -1.41. The third-order valence-electron chi connectivity index (χ3n) is 3.37. The molecule has 0 bridgehead atoms. The van der Waals surface area contributed by atoms with Crippen LogP contribution >= 0.6 is 0 Å². The third kappa shape index (κ3) is 1.81. The number of para-hydroxylation sites is 1. The predicted molar refractivity (Wildman–Crippen MR) is 65.2 cm³/mol. The molecule has 1 saturated heterocycles. The first-order valence-electron chi connectivity index (χ1n) is 6.04. The van der Waals surface area contributed by atoms with Gasteiger partial charge in [0.15, 0.2) is 12.7 Å². The van der Waals surface area contributed by atoms with Gasteiger partial charge in [0.2, 0.25) is 5.52 Å². The van der Waals surface area contributed by atoms with Crippen molar-refractivity contribution < 1.29 is 4.57 Å². The van der Waals surface area contributed by atoms with Crippen molar-refractivity contribution in [3.05, 3.63) is 42.6 Å². The van der Waals surface area contributed by atoms with Gasteiger partial charge in [-0.15, -0.1) is 0 Å². The number of benzene rings is 1.